The summed E-state index contributed by atoms with van der Waals surface area (Å²) in [5, 5.41) is 2.07. The van der Waals surface area contributed by atoms with Gasteiger partial charge < -0.3 is 18.7 Å². The molecular formula is C41H41IrN5O-2. The minimum Gasteiger partial charge on any atom is -0.487 e. The van der Waals surface area contributed by atoms with Gasteiger partial charge in [0.15, 0.2) is 0 Å². The van der Waals surface area contributed by atoms with Crippen LogP contribution in [0, 0.1) is 26.1 Å². The summed E-state index contributed by atoms with van der Waals surface area (Å²) in [6.07, 6.45) is 9.18. The van der Waals surface area contributed by atoms with Crippen LogP contribution in [0.15, 0.2) is 85.3 Å². The summed E-state index contributed by atoms with van der Waals surface area (Å²) >= 11 is 0. The van der Waals surface area contributed by atoms with E-state index in [-0.39, 0.29) is 36.5 Å². The zero-order valence-corrected chi connectivity index (χ0v) is 31.5. The fourth-order valence-electron chi connectivity index (χ4n) is 6.43. The Morgan fingerprint density at radius 2 is 1.62 bits per heavy atom. The Balaban J connectivity index is 0.000000176. The number of hydrogen-bond donors (Lipinski definition) is 0. The van der Waals surface area contributed by atoms with Crippen LogP contribution in [0.1, 0.15) is 70.9 Å². The molecule has 0 N–H and O–H groups in total. The number of hydrogen-bond acceptors (Lipinski definition) is 4. The number of aromatic nitrogens is 5. The number of para-hydroxylation sites is 1. The zero-order chi connectivity index (χ0) is 33.3. The average Bonchev–Trinajstić information content (AvgIpc) is 3.69. The number of ether oxygens (including phenoxy) is 1. The van der Waals surface area contributed by atoms with Crippen molar-refractivity contribution in [3.8, 4) is 22.8 Å². The number of benzene rings is 3. The van der Waals surface area contributed by atoms with E-state index in [1.165, 1.54) is 22.4 Å². The van der Waals surface area contributed by atoms with Crippen molar-refractivity contribution in [1.82, 2.24) is 23.9 Å². The molecule has 1 radical (unpaired) electrons. The van der Waals surface area contributed by atoms with Gasteiger partial charge in [-0.05, 0) is 68.4 Å². The monoisotopic (exact) mass is 812 g/mol. The van der Waals surface area contributed by atoms with E-state index in [0.717, 1.165) is 50.3 Å². The van der Waals surface area contributed by atoms with Crippen molar-refractivity contribution in [3.63, 3.8) is 0 Å². The maximum absolute atomic E-state index is 6.32. The van der Waals surface area contributed by atoms with Gasteiger partial charge in [0, 0.05) is 55.2 Å². The number of imidazole rings is 2. The van der Waals surface area contributed by atoms with E-state index < -0.39 is 0 Å². The maximum atomic E-state index is 6.32. The molecule has 0 bridgehead atoms. The van der Waals surface area contributed by atoms with E-state index in [1.807, 2.05) is 36.7 Å². The third kappa shape index (κ3) is 5.53. The molecule has 0 saturated carbocycles. The second-order valence-electron chi connectivity index (χ2n) is 14.7. The Hall–Kier alpha value is -4.32. The van der Waals surface area contributed by atoms with Gasteiger partial charge in [-0.1, -0.05) is 64.3 Å². The van der Waals surface area contributed by atoms with Crippen LogP contribution >= 0.6 is 0 Å². The molecule has 4 aromatic heterocycles. The van der Waals surface area contributed by atoms with Gasteiger partial charge in [-0.2, -0.15) is 0 Å². The van der Waals surface area contributed by atoms with E-state index in [2.05, 4.69) is 142 Å². The molecule has 1 aliphatic heterocycles. The van der Waals surface area contributed by atoms with Crippen molar-refractivity contribution in [2.24, 2.45) is 0 Å². The van der Waals surface area contributed by atoms with Crippen LogP contribution < -0.4 is 4.74 Å². The topological polar surface area (TPSA) is 57.2 Å². The van der Waals surface area contributed by atoms with Crippen molar-refractivity contribution in [2.75, 3.05) is 0 Å². The Morgan fingerprint density at radius 3 is 2.31 bits per heavy atom. The van der Waals surface area contributed by atoms with Gasteiger partial charge in [0.25, 0.3) is 0 Å². The van der Waals surface area contributed by atoms with Crippen LogP contribution in [0.3, 0.4) is 0 Å². The van der Waals surface area contributed by atoms with Crippen molar-refractivity contribution in [2.45, 2.75) is 78.7 Å². The van der Waals surface area contributed by atoms with Gasteiger partial charge >= 0.3 is 0 Å². The molecule has 7 heteroatoms. The normalized spacial score (nSPS) is 14.7. The fourth-order valence-corrected chi connectivity index (χ4v) is 6.43. The van der Waals surface area contributed by atoms with Crippen LogP contribution in [-0.2, 0) is 30.9 Å². The van der Waals surface area contributed by atoms with Gasteiger partial charge in [0.05, 0.1) is 22.5 Å². The second-order valence-corrected chi connectivity index (χ2v) is 14.7. The molecule has 6 nitrogen and oxygen atoms in total. The average molecular weight is 812 g/mol. The molecule has 0 saturated heterocycles. The Kier molecular flexibility index (Phi) is 8.38. The molecule has 0 fully saturated rings. The Labute approximate surface area is 296 Å². The van der Waals surface area contributed by atoms with Crippen LogP contribution in [0.4, 0.5) is 0 Å². The molecule has 0 amide bonds. The van der Waals surface area contributed by atoms with Crippen molar-refractivity contribution in [3.05, 3.63) is 120 Å². The number of pyridine rings is 2. The molecule has 0 spiro atoms. The second kappa shape index (κ2) is 12.0. The fraction of sp³-hybridized carbons (Fsp3) is 0.293. The molecule has 1 aliphatic rings. The summed E-state index contributed by atoms with van der Waals surface area (Å²) < 4.78 is 10.6. The summed E-state index contributed by atoms with van der Waals surface area (Å²) in [6.45, 7) is 19.5. The van der Waals surface area contributed by atoms with E-state index in [9.17, 15) is 0 Å². The molecule has 48 heavy (non-hydrogen) atoms. The summed E-state index contributed by atoms with van der Waals surface area (Å²) in [6, 6.07) is 26.1. The summed E-state index contributed by atoms with van der Waals surface area (Å²) in [5.41, 5.74) is 9.55. The molecule has 7 aromatic rings. The van der Waals surface area contributed by atoms with E-state index in [0.29, 0.717) is 0 Å². The van der Waals surface area contributed by atoms with Crippen LogP contribution in [0.5, 0.6) is 5.75 Å². The summed E-state index contributed by atoms with van der Waals surface area (Å²) in [5.74, 6) is 1.88. The van der Waals surface area contributed by atoms with Gasteiger partial charge in [-0.25, -0.2) is 0 Å². The minimum absolute atomic E-state index is 0. The number of fused-ring (bicyclic) bond motifs is 6. The molecule has 0 aliphatic carbocycles. The van der Waals surface area contributed by atoms with E-state index in [1.54, 1.807) is 0 Å². The van der Waals surface area contributed by atoms with Crippen molar-refractivity contribution in [1.29, 1.82) is 0 Å². The first-order valence-corrected chi connectivity index (χ1v) is 16.2. The maximum Gasteiger partial charge on any atom is 0.126 e. The molecule has 8 rings (SSSR count). The van der Waals surface area contributed by atoms with Crippen molar-refractivity contribution >= 4 is 27.5 Å². The number of rotatable bonds is 2. The van der Waals surface area contributed by atoms with Crippen LogP contribution in [0.2, 0.25) is 0 Å². The molecule has 3 aromatic carbocycles. The van der Waals surface area contributed by atoms with Gasteiger partial charge in [0.1, 0.15) is 11.4 Å². The first-order chi connectivity index (χ1) is 22.3. The Bertz CT molecular complexity index is 2270. The first kappa shape index (κ1) is 33.6. The summed E-state index contributed by atoms with van der Waals surface area (Å²) in [7, 11) is 0. The van der Waals surface area contributed by atoms with Gasteiger partial charge in [-0.15, -0.1) is 47.3 Å². The standard InChI is InChI=1S/C24H26N3O.C17H15N2.Ir/c1-22(2,3)20-10-14-8-9-27-18-12-19-16(23(4,5)24(6,7)28-19)11-17(18)26-21(27)15(14)13-25-20;1-13-7-6-8-14(2)16(13)19-12-11-18-17(19)15-9-4-3-5-10-15;/h8-12H,1-7H3;3-9,11-12H,1-2H3;/q2*-1;. The van der Waals surface area contributed by atoms with Crippen LogP contribution in [0.25, 0.3) is 44.5 Å². The summed E-state index contributed by atoms with van der Waals surface area (Å²) in [4.78, 5) is 14.0. The van der Waals surface area contributed by atoms with E-state index >= 15 is 0 Å². The minimum atomic E-state index is -0.248. The quantitative estimate of drug-likeness (QED) is 0.163. The number of nitrogens with zero attached hydrogens (tertiary/aromatic N) is 5. The van der Waals surface area contributed by atoms with E-state index in [4.69, 9.17) is 9.72 Å². The first-order valence-electron chi connectivity index (χ1n) is 16.2. The van der Waals surface area contributed by atoms with Gasteiger partial charge in [-0.3, -0.25) is 9.97 Å². The number of aryl methyl sites for hydroxylation is 2. The predicted molar refractivity (Wildman–Crippen MR) is 191 cm³/mol. The van der Waals surface area contributed by atoms with Crippen molar-refractivity contribution < 1.29 is 24.8 Å². The zero-order valence-electron chi connectivity index (χ0n) is 29.1. The third-order valence-electron chi connectivity index (χ3n) is 9.87. The Morgan fingerprint density at radius 1 is 0.875 bits per heavy atom. The smallest absolute Gasteiger partial charge is 0.126 e. The molecule has 5 heterocycles. The SMILES string of the molecule is CC(C)(C)c1cc2ccn3c4cc5c(cc4nc3c2[c-]n1)C(C)(C)C(C)(C)O5.Cc1cccc(C)c1-n1ccnc1-c1[c-]cccc1.[Ir]. The molecule has 247 valence electrons. The third-order valence-corrected chi connectivity index (χ3v) is 9.87. The molecule has 0 unspecified atom stereocenters. The largest absolute Gasteiger partial charge is 0.487 e. The molecule has 0 atom stereocenters. The predicted octanol–water partition coefficient (Wildman–Crippen LogP) is 9.54. The van der Waals surface area contributed by atoms with Gasteiger partial charge in [0.2, 0.25) is 0 Å². The van der Waals surface area contributed by atoms with Crippen LogP contribution in [-0.4, -0.2) is 29.5 Å². The molecular weight excluding hydrogens is 771 g/mol.